The number of Topliss-reactive ketones (excluding diaryl/α,β-unsaturated/α-hetero) is 1. The van der Waals surface area contributed by atoms with E-state index in [2.05, 4.69) is 39.2 Å². The molecule has 0 aromatic heterocycles. The molecule has 4 aromatic rings. The number of benzene rings is 4. The minimum atomic E-state index is -3.28. The average Bonchev–Trinajstić information content (AvgIpc) is 3.11. The zero-order chi connectivity index (χ0) is 40.3. The SMILES string of the molecule is C[C@@H](O[Si](C)(C)C(C)(C)C)[C@H]1C(=O)N(C(C(=O)O)=P(c2ccccc2)(c2ccccc2)c2ccccc2)[C@@H]1CC(=O)c1cccc(NC(=O)OC(C)(C)C)c1. The second-order valence-electron chi connectivity index (χ2n) is 16.5. The molecule has 1 heterocycles. The molecule has 1 aliphatic heterocycles. The van der Waals surface area contributed by atoms with Gasteiger partial charge in [-0.05, 0) is 73.9 Å². The summed E-state index contributed by atoms with van der Waals surface area (Å²) in [4.78, 5) is 57.3. The summed E-state index contributed by atoms with van der Waals surface area (Å²) in [5.41, 5.74) is -0.106. The predicted molar refractivity (Wildman–Crippen MR) is 225 cm³/mol. The highest BCUT2D eigenvalue weighted by atomic mass is 31.2. The number of β-lactam (4-membered cyclic amide) rings is 1. The molecule has 3 atom stereocenters. The molecular weight excluding hydrogens is 728 g/mol. The van der Waals surface area contributed by atoms with E-state index in [1.54, 1.807) is 45.0 Å². The number of likely N-dealkylation sites (tertiary alicyclic amines) is 1. The van der Waals surface area contributed by atoms with Crippen LogP contribution in [0.15, 0.2) is 115 Å². The molecule has 0 aliphatic carbocycles. The van der Waals surface area contributed by atoms with Crippen LogP contribution < -0.4 is 21.2 Å². The van der Waals surface area contributed by atoms with E-state index in [9.17, 15) is 24.3 Å². The Morgan fingerprint density at radius 2 is 1.29 bits per heavy atom. The molecule has 0 radical (unpaired) electrons. The van der Waals surface area contributed by atoms with Gasteiger partial charge in [0.25, 0.3) is 0 Å². The molecule has 11 heteroatoms. The number of rotatable bonds is 12. The van der Waals surface area contributed by atoms with Crippen molar-refractivity contribution in [2.75, 3.05) is 5.32 Å². The van der Waals surface area contributed by atoms with Crippen molar-refractivity contribution in [2.45, 2.75) is 90.8 Å². The van der Waals surface area contributed by atoms with Gasteiger partial charge in [0.15, 0.2) is 14.1 Å². The number of amides is 2. The van der Waals surface area contributed by atoms with Gasteiger partial charge < -0.3 is 19.2 Å². The maximum atomic E-state index is 14.9. The molecule has 9 nitrogen and oxygen atoms in total. The van der Waals surface area contributed by atoms with E-state index in [1.807, 2.05) is 97.9 Å². The molecule has 0 spiro atoms. The molecule has 290 valence electrons. The van der Waals surface area contributed by atoms with E-state index in [-0.39, 0.29) is 22.7 Å². The third-order valence-electron chi connectivity index (χ3n) is 10.5. The number of aliphatic carboxylic acids is 1. The van der Waals surface area contributed by atoms with Gasteiger partial charge in [-0.1, -0.05) is 124 Å². The van der Waals surface area contributed by atoms with Crippen molar-refractivity contribution in [1.29, 1.82) is 0 Å². The summed E-state index contributed by atoms with van der Waals surface area (Å²) in [5, 5.41) is 16.3. The zero-order valence-corrected chi connectivity index (χ0v) is 35.1. The summed E-state index contributed by atoms with van der Waals surface area (Å²) in [6.45, 7) is 14.4. The largest absolute Gasteiger partial charge is 0.477 e. The van der Waals surface area contributed by atoms with E-state index in [0.29, 0.717) is 11.3 Å². The number of ketones is 1. The normalized spacial score (nSPS) is 16.8. The van der Waals surface area contributed by atoms with Crippen molar-refractivity contribution in [2.24, 2.45) is 5.92 Å². The van der Waals surface area contributed by atoms with Crippen molar-refractivity contribution in [3.63, 3.8) is 0 Å². The van der Waals surface area contributed by atoms with Crippen LogP contribution in [-0.2, 0) is 18.8 Å². The number of anilines is 1. The Balaban J connectivity index is 1.71. The van der Waals surface area contributed by atoms with E-state index in [0.717, 1.165) is 15.9 Å². The first-order chi connectivity index (χ1) is 25.8. The van der Waals surface area contributed by atoms with Crippen molar-refractivity contribution in [1.82, 2.24) is 4.90 Å². The van der Waals surface area contributed by atoms with Crippen molar-refractivity contribution >= 4 is 66.0 Å². The molecule has 1 aliphatic rings. The highest BCUT2D eigenvalue weighted by molar-refractivity contribution is 7.96. The second kappa shape index (κ2) is 16.1. The summed E-state index contributed by atoms with van der Waals surface area (Å²) in [7, 11) is -2.41. The van der Waals surface area contributed by atoms with Gasteiger partial charge in [-0.3, -0.25) is 14.9 Å². The lowest BCUT2D eigenvalue weighted by atomic mass is 9.79. The number of carboxylic acids is 1. The average molecular weight is 781 g/mol. The Morgan fingerprint density at radius 1 is 0.800 bits per heavy atom. The summed E-state index contributed by atoms with van der Waals surface area (Å²) >= 11 is 0. The predicted octanol–water partition coefficient (Wildman–Crippen LogP) is 8.05. The fourth-order valence-corrected chi connectivity index (χ4v) is 12.7. The Bertz CT molecular complexity index is 1990. The highest BCUT2D eigenvalue weighted by Crippen LogP contribution is 2.50. The summed E-state index contributed by atoms with van der Waals surface area (Å²) in [6.07, 6.45) is -1.43. The van der Waals surface area contributed by atoms with Gasteiger partial charge in [0, 0.05) is 24.6 Å². The van der Waals surface area contributed by atoms with Gasteiger partial charge in [-0.2, -0.15) is 0 Å². The third kappa shape index (κ3) is 8.72. The Hall–Kier alpha value is -4.76. The molecule has 2 N–H and O–H groups in total. The zero-order valence-electron chi connectivity index (χ0n) is 33.2. The molecule has 0 bridgehead atoms. The van der Waals surface area contributed by atoms with E-state index in [4.69, 9.17) is 9.16 Å². The Morgan fingerprint density at radius 3 is 1.73 bits per heavy atom. The van der Waals surface area contributed by atoms with Crippen LogP contribution in [0.4, 0.5) is 10.5 Å². The third-order valence-corrected chi connectivity index (χ3v) is 19.3. The minimum absolute atomic E-state index is 0.0602. The maximum Gasteiger partial charge on any atom is 0.412 e. The summed E-state index contributed by atoms with van der Waals surface area (Å²) < 4.78 is 12.2. The Labute approximate surface area is 326 Å². The number of hydrogen-bond donors (Lipinski definition) is 2. The van der Waals surface area contributed by atoms with Crippen LogP contribution in [0.5, 0.6) is 0 Å². The Kier molecular flexibility index (Phi) is 12.2. The van der Waals surface area contributed by atoms with Gasteiger partial charge in [-0.25, -0.2) is 9.59 Å². The number of carboxylic acid groups (broad SMARTS) is 1. The van der Waals surface area contributed by atoms with E-state index >= 15 is 0 Å². The molecule has 1 fully saturated rings. The molecule has 2 amide bonds. The fraction of sp³-hybridized carbons (Fsp3) is 0.341. The van der Waals surface area contributed by atoms with E-state index < -0.39 is 56.8 Å². The minimum Gasteiger partial charge on any atom is -0.477 e. The van der Waals surface area contributed by atoms with E-state index in [1.165, 1.54) is 4.90 Å². The second-order valence-corrected chi connectivity index (χ2v) is 24.6. The molecule has 0 saturated carbocycles. The topological polar surface area (TPSA) is 122 Å². The van der Waals surface area contributed by atoms with Gasteiger partial charge in [-0.15, -0.1) is 0 Å². The quantitative estimate of drug-likeness (QED) is 0.0646. The first-order valence-corrected chi connectivity index (χ1v) is 23.3. The lowest BCUT2D eigenvalue weighted by molar-refractivity contribution is -0.155. The standard InChI is InChI=1S/C44H53N2O7PSi/c1-30(53-55(8,9)44(5,6)7)38-36(29-37(47)31-20-19-21-32(28-31)45-42(51)52-43(2,3)4)46(39(38)48)40(41(49)50)54(33-22-13-10-14-23-33,34-24-15-11-16-25-34)35-26-17-12-18-27-35/h10-28,30,36,38H,29H2,1-9H3,(H,45,51)(H,49,50)/t30-,36-,38-/m1/s1. The van der Waals surface area contributed by atoms with Crippen LogP contribution in [0, 0.1) is 5.92 Å². The molecule has 1 saturated heterocycles. The van der Waals surface area contributed by atoms with Crippen molar-refractivity contribution in [3.05, 3.63) is 121 Å². The number of nitrogens with zero attached hydrogens (tertiary/aromatic N) is 1. The number of hydrogen-bond acceptors (Lipinski definition) is 6. The lowest BCUT2D eigenvalue weighted by Crippen LogP contribution is -2.69. The maximum absolute atomic E-state index is 14.9. The van der Waals surface area contributed by atoms with Crippen molar-refractivity contribution < 1.29 is 33.4 Å². The monoisotopic (exact) mass is 780 g/mol. The molecule has 0 unspecified atom stereocenters. The van der Waals surface area contributed by atoms with Gasteiger partial charge in [0.1, 0.15) is 11.0 Å². The van der Waals surface area contributed by atoms with Gasteiger partial charge >= 0.3 is 12.1 Å². The van der Waals surface area contributed by atoms with Crippen LogP contribution in [0.3, 0.4) is 0 Å². The fourth-order valence-electron chi connectivity index (χ4n) is 6.95. The van der Waals surface area contributed by atoms with Crippen molar-refractivity contribution in [3.8, 4) is 0 Å². The first kappa shape index (κ1) is 41.4. The number of ether oxygens (including phenoxy) is 1. The van der Waals surface area contributed by atoms with Crippen LogP contribution in [0.25, 0.3) is 0 Å². The molecule has 5 rings (SSSR count). The van der Waals surface area contributed by atoms with Crippen LogP contribution in [-0.4, -0.2) is 65.2 Å². The van der Waals surface area contributed by atoms with Crippen LogP contribution in [0.1, 0.15) is 65.2 Å². The summed E-state index contributed by atoms with van der Waals surface area (Å²) in [6, 6.07) is 34.1. The number of carbonyl (C=O) groups excluding carboxylic acids is 3. The lowest BCUT2D eigenvalue weighted by Gasteiger charge is -2.52. The number of carbonyl (C=O) groups is 4. The highest BCUT2D eigenvalue weighted by Gasteiger charge is 2.57. The summed E-state index contributed by atoms with van der Waals surface area (Å²) in [5.74, 6) is -2.74. The van der Waals surface area contributed by atoms with Gasteiger partial charge in [0.05, 0.1) is 18.1 Å². The van der Waals surface area contributed by atoms with Gasteiger partial charge in [0.2, 0.25) is 5.91 Å². The van der Waals surface area contributed by atoms with Crippen LogP contribution >= 0.6 is 6.89 Å². The smallest absolute Gasteiger partial charge is 0.412 e. The molecule has 55 heavy (non-hydrogen) atoms. The first-order valence-electron chi connectivity index (χ1n) is 18.6. The van der Waals surface area contributed by atoms with Crippen LogP contribution in [0.2, 0.25) is 18.1 Å². The molecular formula is C44H53N2O7PSi. The molecule has 4 aromatic carbocycles. The number of nitrogens with one attached hydrogen (secondary N) is 1.